The fourth-order valence-electron chi connectivity index (χ4n) is 4.38. The molecule has 1 saturated carbocycles. The monoisotopic (exact) mass is 378 g/mol. The first-order chi connectivity index (χ1) is 12.5. The average molecular weight is 379 g/mol. The van der Waals surface area contributed by atoms with E-state index in [0.717, 1.165) is 50.5 Å². The second kappa shape index (κ2) is 8.62. The van der Waals surface area contributed by atoms with Gasteiger partial charge in [-0.2, -0.15) is 0 Å². The van der Waals surface area contributed by atoms with E-state index >= 15 is 0 Å². The van der Waals surface area contributed by atoms with E-state index in [0.29, 0.717) is 22.8 Å². The number of nitrogens with zero attached hydrogens (tertiary/aromatic N) is 1. The summed E-state index contributed by atoms with van der Waals surface area (Å²) >= 11 is 6.50. The second-order valence-electron chi connectivity index (χ2n) is 8.19. The molecule has 5 heteroatoms. The summed E-state index contributed by atoms with van der Waals surface area (Å²) in [6, 6.07) is 5.85. The molecule has 1 N–H and O–H groups in total. The summed E-state index contributed by atoms with van der Waals surface area (Å²) in [6.45, 7) is 9.87. The predicted molar refractivity (Wildman–Crippen MR) is 108 cm³/mol. The van der Waals surface area contributed by atoms with Crippen LogP contribution in [-0.4, -0.2) is 32.2 Å². The number of benzene rings is 1. The van der Waals surface area contributed by atoms with E-state index in [2.05, 4.69) is 31.0 Å². The molecule has 1 aromatic carbocycles. The topological polar surface area (TPSA) is 41.6 Å². The van der Waals surface area contributed by atoms with Crippen LogP contribution in [0.25, 0.3) is 0 Å². The molecule has 0 bridgehead atoms. The van der Waals surface area contributed by atoms with Crippen LogP contribution in [0.3, 0.4) is 0 Å². The Morgan fingerprint density at radius 1 is 1.27 bits per heavy atom. The van der Waals surface area contributed by atoms with Crippen LogP contribution in [0.1, 0.15) is 40.0 Å². The minimum absolute atomic E-state index is 0.0939. The van der Waals surface area contributed by atoms with Crippen LogP contribution >= 0.6 is 11.6 Å². The maximum absolute atomic E-state index is 12.9. The highest BCUT2D eigenvalue weighted by molar-refractivity contribution is 6.33. The van der Waals surface area contributed by atoms with Crippen molar-refractivity contribution >= 4 is 28.9 Å². The van der Waals surface area contributed by atoms with Crippen molar-refractivity contribution in [2.45, 2.75) is 40.0 Å². The Morgan fingerprint density at radius 3 is 2.65 bits per heavy atom. The summed E-state index contributed by atoms with van der Waals surface area (Å²) in [7, 11) is 0. The summed E-state index contributed by atoms with van der Waals surface area (Å²) < 4.78 is 5.40. The molecule has 0 aromatic heterocycles. The Kier molecular flexibility index (Phi) is 6.46. The Morgan fingerprint density at radius 2 is 2.00 bits per heavy atom. The molecule has 4 nitrogen and oxygen atoms in total. The molecule has 2 aliphatic rings. The first-order valence-corrected chi connectivity index (χ1v) is 10.3. The summed E-state index contributed by atoms with van der Waals surface area (Å²) in [5.74, 6) is 1.86. The predicted octanol–water partition coefficient (Wildman–Crippen LogP) is 4.82. The van der Waals surface area contributed by atoms with Gasteiger partial charge in [-0.25, -0.2) is 0 Å². The molecular weight excluding hydrogens is 348 g/mol. The molecule has 26 heavy (non-hydrogen) atoms. The molecular formula is C21H31ClN2O2. The van der Waals surface area contributed by atoms with Crippen LogP contribution < -0.4 is 10.2 Å². The van der Waals surface area contributed by atoms with Gasteiger partial charge in [-0.3, -0.25) is 4.79 Å². The molecule has 3 atom stereocenters. The largest absolute Gasteiger partial charge is 0.378 e. The lowest BCUT2D eigenvalue weighted by molar-refractivity contribution is -0.123. The molecule has 0 radical (unpaired) electrons. The van der Waals surface area contributed by atoms with Gasteiger partial charge in [0, 0.05) is 24.7 Å². The third-order valence-corrected chi connectivity index (χ3v) is 6.23. The fourth-order valence-corrected chi connectivity index (χ4v) is 4.68. The van der Waals surface area contributed by atoms with Gasteiger partial charge >= 0.3 is 0 Å². The van der Waals surface area contributed by atoms with E-state index < -0.39 is 0 Å². The highest BCUT2D eigenvalue weighted by Crippen LogP contribution is 2.39. The van der Waals surface area contributed by atoms with Crippen molar-refractivity contribution in [1.82, 2.24) is 0 Å². The quantitative estimate of drug-likeness (QED) is 0.816. The minimum atomic E-state index is 0.0939. The van der Waals surface area contributed by atoms with Gasteiger partial charge in [0.05, 0.1) is 23.9 Å². The highest BCUT2D eigenvalue weighted by Gasteiger charge is 2.35. The third kappa shape index (κ3) is 4.52. The van der Waals surface area contributed by atoms with Gasteiger partial charge in [0.15, 0.2) is 0 Å². The van der Waals surface area contributed by atoms with Gasteiger partial charge in [-0.15, -0.1) is 0 Å². The average Bonchev–Trinajstić information content (AvgIpc) is 2.62. The van der Waals surface area contributed by atoms with E-state index in [1.54, 1.807) is 0 Å². The Bertz CT molecular complexity index is 628. The van der Waals surface area contributed by atoms with Crippen molar-refractivity contribution in [3.63, 3.8) is 0 Å². The lowest BCUT2D eigenvalue weighted by atomic mass is 9.70. The van der Waals surface area contributed by atoms with Gasteiger partial charge in [0.2, 0.25) is 5.91 Å². The van der Waals surface area contributed by atoms with Crippen LogP contribution in [0.4, 0.5) is 11.4 Å². The zero-order chi connectivity index (χ0) is 18.7. The van der Waals surface area contributed by atoms with E-state index in [4.69, 9.17) is 16.3 Å². The van der Waals surface area contributed by atoms with E-state index in [9.17, 15) is 4.79 Å². The van der Waals surface area contributed by atoms with Crippen LogP contribution in [0.2, 0.25) is 5.02 Å². The molecule has 144 valence electrons. The zero-order valence-corrected chi connectivity index (χ0v) is 16.9. The fraction of sp³-hybridized carbons (Fsp3) is 0.667. The van der Waals surface area contributed by atoms with Crippen LogP contribution in [-0.2, 0) is 9.53 Å². The SMILES string of the molecule is CC(C)[C@@H]1CC[C@@H](C)C[C@H]1C(=O)Nc1ccc(N2CCOCC2)c(Cl)c1. The van der Waals surface area contributed by atoms with Gasteiger partial charge in [-0.1, -0.05) is 38.8 Å². The van der Waals surface area contributed by atoms with E-state index in [-0.39, 0.29) is 11.8 Å². The Labute approximate surface area is 162 Å². The van der Waals surface area contributed by atoms with Crippen molar-refractivity contribution < 1.29 is 9.53 Å². The van der Waals surface area contributed by atoms with Crippen LogP contribution in [0.5, 0.6) is 0 Å². The molecule has 2 fully saturated rings. The van der Waals surface area contributed by atoms with Crippen molar-refractivity contribution in [3.8, 4) is 0 Å². The summed E-state index contributed by atoms with van der Waals surface area (Å²) in [5.41, 5.74) is 1.80. The van der Waals surface area contributed by atoms with Crippen molar-refractivity contribution in [3.05, 3.63) is 23.2 Å². The standard InChI is InChI=1S/C21H31ClN2O2/c1-14(2)17-6-4-15(3)12-18(17)21(25)23-16-5-7-20(19(22)13-16)24-8-10-26-11-9-24/h5,7,13-15,17-18H,4,6,8-12H2,1-3H3,(H,23,25)/t15-,17+,18-/m1/s1. The first kappa shape index (κ1) is 19.5. The third-order valence-electron chi connectivity index (χ3n) is 5.93. The molecule has 0 spiro atoms. The van der Waals surface area contributed by atoms with Crippen LogP contribution in [0, 0.1) is 23.7 Å². The van der Waals surface area contributed by atoms with E-state index in [1.165, 1.54) is 6.42 Å². The highest BCUT2D eigenvalue weighted by atomic mass is 35.5. The molecule has 1 aliphatic heterocycles. The van der Waals surface area contributed by atoms with Crippen molar-refractivity contribution in [2.24, 2.45) is 23.7 Å². The number of ether oxygens (including phenoxy) is 1. The summed E-state index contributed by atoms with van der Waals surface area (Å²) in [4.78, 5) is 15.2. The van der Waals surface area contributed by atoms with E-state index in [1.807, 2.05) is 18.2 Å². The number of hydrogen-bond donors (Lipinski definition) is 1. The maximum Gasteiger partial charge on any atom is 0.227 e. The molecule has 1 saturated heterocycles. The molecule has 0 unspecified atom stereocenters. The second-order valence-corrected chi connectivity index (χ2v) is 8.59. The molecule has 1 heterocycles. The van der Waals surface area contributed by atoms with Gasteiger partial charge in [0.1, 0.15) is 0 Å². The number of carbonyl (C=O) groups is 1. The molecule has 3 rings (SSSR count). The minimum Gasteiger partial charge on any atom is -0.378 e. The normalized spacial score (nSPS) is 26.8. The lowest BCUT2D eigenvalue weighted by Gasteiger charge is -2.36. The maximum atomic E-state index is 12.9. The summed E-state index contributed by atoms with van der Waals surface area (Å²) in [6.07, 6.45) is 3.36. The number of nitrogens with one attached hydrogen (secondary N) is 1. The summed E-state index contributed by atoms with van der Waals surface area (Å²) in [5, 5.41) is 3.80. The Hall–Kier alpha value is -1.26. The number of anilines is 2. The lowest BCUT2D eigenvalue weighted by Crippen LogP contribution is -2.37. The number of halogens is 1. The van der Waals surface area contributed by atoms with Crippen molar-refractivity contribution in [1.29, 1.82) is 0 Å². The zero-order valence-electron chi connectivity index (χ0n) is 16.1. The molecule has 1 aromatic rings. The van der Waals surface area contributed by atoms with Gasteiger partial charge < -0.3 is 15.0 Å². The van der Waals surface area contributed by atoms with Gasteiger partial charge in [0.25, 0.3) is 0 Å². The number of hydrogen-bond acceptors (Lipinski definition) is 3. The smallest absolute Gasteiger partial charge is 0.227 e. The van der Waals surface area contributed by atoms with Crippen molar-refractivity contribution in [2.75, 3.05) is 36.5 Å². The number of carbonyl (C=O) groups excluding carboxylic acids is 1. The van der Waals surface area contributed by atoms with Crippen LogP contribution in [0.15, 0.2) is 18.2 Å². The number of rotatable bonds is 4. The molecule has 1 aliphatic carbocycles. The number of morpholine rings is 1. The first-order valence-electron chi connectivity index (χ1n) is 9.88. The van der Waals surface area contributed by atoms with Gasteiger partial charge in [-0.05, 0) is 48.8 Å². The molecule has 1 amide bonds. The number of amides is 1. The Balaban J connectivity index is 1.69.